The van der Waals surface area contributed by atoms with E-state index < -0.39 is 17.8 Å². The molecule has 2 aromatic carbocycles. The molecule has 8 heteroatoms. The third-order valence-corrected chi connectivity index (χ3v) is 3.96. The van der Waals surface area contributed by atoms with Crippen LogP contribution in [0.2, 0.25) is 5.02 Å². The number of methoxy groups -OCH3 is 1. The topological polar surface area (TPSA) is 93.7 Å². The maximum absolute atomic E-state index is 11.8. The summed E-state index contributed by atoms with van der Waals surface area (Å²) < 4.78 is 11.1. The molecule has 1 saturated heterocycles. The Balaban J connectivity index is 1.80. The Hall–Kier alpha value is -3.32. The summed E-state index contributed by atoms with van der Waals surface area (Å²) in [6, 6.07) is 11.4. The maximum atomic E-state index is 11.8. The van der Waals surface area contributed by atoms with Crippen LogP contribution >= 0.6 is 11.6 Å². The lowest BCUT2D eigenvalue weighted by Gasteiger charge is -2.15. The van der Waals surface area contributed by atoms with Crippen LogP contribution in [0.1, 0.15) is 11.1 Å². The number of carbonyl (C=O) groups excluding carboxylic acids is 3. The highest BCUT2D eigenvalue weighted by atomic mass is 35.5. The fraction of sp³-hybridized carbons (Fsp3) is 0.105. The first-order valence-electron chi connectivity index (χ1n) is 7.90. The van der Waals surface area contributed by atoms with E-state index in [2.05, 4.69) is 0 Å². The van der Waals surface area contributed by atoms with Crippen molar-refractivity contribution >= 4 is 35.5 Å². The first-order chi connectivity index (χ1) is 13.0. The molecule has 3 rings (SSSR count). The fourth-order valence-electron chi connectivity index (χ4n) is 2.45. The summed E-state index contributed by atoms with van der Waals surface area (Å²) in [5.41, 5.74) is 1.26. The van der Waals surface area contributed by atoms with E-state index in [1.807, 2.05) is 22.8 Å². The molecule has 0 saturated carbocycles. The van der Waals surface area contributed by atoms with Crippen molar-refractivity contribution in [2.45, 2.75) is 6.61 Å². The molecule has 2 aromatic rings. The molecule has 7 nitrogen and oxygen atoms in total. The first kappa shape index (κ1) is 18.5. The molecule has 0 bridgehead atoms. The molecule has 0 aromatic heterocycles. The number of barbiturate groups is 1. The van der Waals surface area contributed by atoms with Gasteiger partial charge in [-0.25, -0.2) is 4.79 Å². The molecule has 0 spiro atoms. The number of benzene rings is 2. The minimum absolute atomic E-state index is 0.177. The molecule has 0 radical (unpaired) electrons. The molecule has 1 aliphatic rings. The number of ether oxygens (including phenoxy) is 2. The third kappa shape index (κ3) is 4.45. The molecular weight excluding hydrogens is 372 g/mol. The largest absolute Gasteiger partial charge is 0.493 e. The molecule has 138 valence electrons. The van der Waals surface area contributed by atoms with Gasteiger partial charge in [-0.1, -0.05) is 29.8 Å². The quantitative estimate of drug-likeness (QED) is 0.608. The number of amides is 4. The number of hydrogen-bond acceptors (Lipinski definition) is 5. The van der Waals surface area contributed by atoms with Gasteiger partial charge in [-0.3, -0.25) is 20.2 Å². The summed E-state index contributed by atoms with van der Waals surface area (Å²) in [6.45, 7) is 0.296. The van der Waals surface area contributed by atoms with E-state index in [0.717, 1.165) is 5.56 Å². The average molecular weight is 387 g/mol. The van der Waals surface area contributed by atoms with Crippen LogP contribution in [0.25, 0.3) is 6.08 Å². The van der Waals surface area contributed by atoms with Crippen molar-refractivity contribution in [3.8, 4) is 11.5 Å². The molecule has 0 unspecified atom stereocenters. The summed E-state index contributed by atoms with van der Waals surface area (Å²) in [4.78, 5) is 34.7. The molecule has 0 atom stereocenters. The van der Waals surface area contributed by atoms with Gasteiger partial charge in [0.05, 0.1) is 7.11 Å². The van der Waals surface area contributed by atoms with Crippen molar-refractivity contribution in [3.63, 3.8) is 0 Å². The molecular formula is C19H15ClN2O5. The normalized spacial score (nSPS) is 13.7. The number of rotatable bonds is 5. The molecule has 2 N–H and O–H groups in total. The Morgan fingerprint density at radius 3 is 2.41 bits per heavy atom. The van der Waals surface area contributed by atoms with Gasteiger partial charge in [0.15, 0.2) is 11.5 Å². The van der Waals surface area contributed by atoms with E-state index in [0.29, 0.717) is 28.7 Å². The predicted octanol–water partition coefficient (Wildman–Crippen LogP) is 2.68. The van der Waals surface area contributed by atoms with Gasteiger partial charge in [-0.15, -0.1) is 0 Å². The van der Waals surface area contributed by atoms with Crippen LogP contribution in [-0.2, 0) is 16.2 Å². The van der Waals surface area contributed by atoms with Gasteiger partial charge in [0, 0.05) is 5.02 Å². The van der Waals surface area contributed by atoms with Crippen LogP contribution in [0.3, 0.4) is 0 Å². The van der Waals surface area contributed by atoms with E-state index in [1.54, 1.807) is 30.3 Å². The van der Waals surface area contributed by atoms with E-state index in [1.165, 1.54) is 13.2 Å². The third-order valence-electron chi connectivity index (χ3n) is 3.73. The zero-order chi connectivity index (χ0) is 19.4. The molecule has 4 amide bonds. The first-order valence-corrected chi connectivity index (χ1v) is 8.27. The van der Waals surface area contributed by atoms with Gasteiger partial charge in [0.1, 0.15) is 12.2 Å². The predicted molar refractivity (Wildman–Crippen MR) is 98.4 cm³/mol. The van der Waals surface area contributed by atoms with Gasteiger partial charge < -0.3 is 9.47 Å². The summed E-state index contributed by atoms with van der Waals surface area (Å²) in [6.07, 6.45) is 1.36. The monoisotopic (exact) mass is 386 g/mol. The van der Waals surface area contributed by atoms with Gasteiger partial charge in [-0.2, -0.15) is 0 Å². The second-order valence-electron chi connectivity index (χ2n) is 5.62. The zero-order valence-corrected chi connectivity index (χ0v) is 15.0. The van der Waals surface area contributed by atoms with Gasteiger partial charge in [-0.05, 0) is 41.5 Å². The molecule has 27 heavy (non-hydrogen) atoms. The van der Waals surface area contributed by atoms with E-state index in [-0.39, 0.29) is 5.57 Å². The second kappa shape index (κ2) is 7.92. The highest BCUT2D eigenvalue weighted by molar-refractivity contribution is 6.31. The van der Waals surface area contributed by atoms with E-state index in [9.17, 15) is 14.4 Å². The smallest absolute Gasteiger partial charge is 0.328 e. The minimum atomic E-state index is -0.843. The number of urea groups is 1. The fourth-order valence-corrected chi connectivity index (χ4v) is 2.67. The Morgan fingerprint density at radius 2 is 1.74 bits per heavy atom. The molecule has 1 fully saturated rings. The highest BCUT2D eigenvalue weighted by Crippen LogP contribution is 2.30. The van der Waals surface area contributed by atoms with Gasteiger partial charge in [0.2, 0.25) is 0 Å². The Morgan fingerprint density at radius 1 is 1.00 bits per heavy atom. The Kier molecular flexibility index (Phi) is 5.42. The lowest BCUT2D eigenvalue weighted by Crippen LogP contribution is -2.51. The highest BCUT2D eigenvalue weighted by Gasteiger charge is 2.27. The van der Waals surface area contributed by atoms with Crippen molar-refractivity contribution in [1.82, 2.24) is 10.6 Å². The molecule has 1 aliphatic heterocycles. The van der Waals surface area contributed by atoms with Crippen LogP contribution in [0.5, 0.6) is 11.5 Å². The van der Waals surface area contributed by atoms with Gasteiger partial charge in [0.25, 0.3) is 11.8 Å². The number of nitrogens with one attached hydrogen (secondary N) is 2. The van der Waals surface area contributed by atoms with Crippen molar-refractivity contribution in [3.05, 3.63) is 64.2 Å². The molecule has 1 heterocycles. The lowest BCUT2D eigenvalue weighted by molar-refractivity contribution is -0.123. The van der Waals surface area contributed by atoms with Crippen LogP contribution in [0, 0.1) is 0 Å². The standard InChI is InChI=1S/C19H15ClN2O5/c1-26-16-9-11(8-14-17(23)21-19(25)22-18(14)24)5-6-15(16)27-10-12-3-2-4-13(20)7-12/h2-9H,10H2,1H3,(H2,21,22,23,24,25). The van der Waals surface area contributed by atoms with Crippen molar-refractivity contribution in [2.75, 3.05) is 7.11 Å². The van der Waals surface area contributed by atoms with E-state index >= 15 is 0 Å². The zero-order valence-electron chi connectivity index (χ0n) is 14.2. The van der Waals surface area contributed by atoms with Gasteiger partial charge >= 0.3 is 6.03 Å². The average Bonchev–Trinajstić information content (AvgIpc) is 2.63. The number of imide groups is 2. The number of halogens is 1. The Bertz CT molecular complexity index is 933. The second-order valence-corrected chi connectivity index (χ2v) is 6.06. The van der Waals surface area contributed by atoms with Crippen molar-refractivity contribution in [2.24, 2.45) is 0 Å². The summed E-state index contributed by atoms with van der Waals surface area (Å²) >= 11 is 5.96. The summed E-state index contributed by atoms with van der Waals surface area (Å²) in [5.74, 6) is -0.598. The SMILES string of the molecule is COc1cc(C=C2C(=O)NC(=O)NC2=O)ccc1OCc1cccc(Cl)c1. The van der Waals surface area contributed by atoms with E-state index in [4.69, 9.17) is 21.1 Å². The summed E-state index contributed by atoms with van der Waals surface area (Å²) in [7, 11) is 1.48. The number of carbonyl (C=O) groups is 3. The van der Waals surface area contributed by atoms with Crippen LogP contribution in [0.15, 0.2) is 48.0 Å². The van der Waals surface area contributed by atoms with Crippen molar-refractivity contribution in [1.29, 1.82) is 0 Å². The number of hydrogen-bond donors (Lipinski definition) is 2. The maximum Gasteiger partial charge on any atom is 0.328 e. The van der Waals surface area contributed by atoms with Crippen LogP contribution in [-0.4, -0.2) is 25.0 Å². The van der Waals surface area contributed by atoms with Crippen LogP contribution < -0.4 is 20.1 Å². The lowest BCUT2D eigenvalue weighted by atomic mass is 10.1. The summed E-state index contributed by atoms with van der Waals surface area (Å²) in [5, 5.41) is 4.65. The Labute approximate surface area is 159 Å². The van der Waals surface area contributed by atoms with Crippen molar-refractivity contribution < 1.29 is 23.9 Å². The molecule has 0 aliphatic carbocycles. The minimum Gasteiger partial charge on any atom is -0.493 e. The van der Waals surface area contributed by atoms with Crippen LogP contribution in [0.4, 0.5) is 4.79 Å².